The molecule has 1 amide bonds. The number of nitrogens with zero attached hydrogens (tertiary/aromatic N) is 4. The average molecular weight is 455 g/mol. The zero-order chi connectivity index (χ0) is 22.4. The van der Waals surface area contributed by atoms with Crippen LogP contribution in [0.4, 0.5) is 5.69 Å². The monoisotopic (exact) mass is 454 g/mol. The largest absolute Gasteiger partial charge is 0.338 e. The lowest BCUT2D eigenvalue weighted by Gasteiger charge is -2.26. The normalized spacial score (nSPS) is 14.6. The van der Waals surface area contributed by atoms with Crippen molar-refractivity contribution >= 4 is 40.3 Å². The predicted octanol–water partition coefficient (Wildman–Crippen LogP) is 5.08. The fourth-order valence-electron chi connectivity index (χ4n) is 4.98. The van der Waals surface area contributed by atoms with Gasteiger partial charge in [0, 0.05) is 46.0 Å². The topological polar surface area (TPSA) is 40.8 Å². The van der Waals surface area contributed by atoms with E-state index in [2.05, 4.69) is 46.1 Å². The molecule has 0 aliphatic carbocycles. The van der Waals surface area contributed by atoms with Gasteiger partial charge in [0.1, 0.15) is 6.54 Å². The van der Waals surface area contributed by atoms with E-state index >= 15 is 0 Å². The molecule has 0 fully saturated rings. The molecule has 0 radical (unpaired) electrons. The zero-order valence-corrected chi connectivity index (χ0v) is 18.9. The number of carbonyl (C=O) groups is 1. The summed E-state index contributed by atoms with van der Waals surface area (Å²) in [6.45, 7) is 2.28. The number of anilines is 1. The van der Waals surface area contributed by atoms with Gasteiger partial charge in [-0.05, 0) is 41.8 Å². The maximum absolute atomic E-state index is 13.2. The smallest absolute Gasteiger partial charge is 0.248 e. The Kier molecular flexibility index (Phi) is 4.92. The van der Waals surface area contributed by atoms with E-state index in [-0.39, 0.29) is 12.5 Å². The molecule has 164 valence electrons. The van der Waals surface area contributed by atoms with E-state index in [4.69, 9.17) is 11.6 Å². The molecule has 0 bridgehead atoms. The van der Waals surface area contributed by atoms with Crippen molar-refractivity contribution in [2.45, 2.75) is 19.5 Å². The molecule has 0 N–H and O–H groups in total. The highest BCUT2D eigenvalue weighted by atomic mass is 35.5. The average Bonchev–Trinajstić information content (AvgIpc) is 3.39. The first-order chi connectivity index (χ1) is 16.2. The van der Waals surface area contributed by atoms with Crippen LogP contribution in [0.5, 0.6) is 0 Å². The van der Waals surface area contributed by atoms with Crippen molar-refractivity contribution in [1.29, 1.82) is 0 Å². The van der Waals surface area contributed by atoms with E-state index < -0.39 is 0 Å². The third kappa shape index (κ3) is 3.58. The van der Waals surface area contributed by atoms with E-state index in [1.807, 2.05) is 52.5 Å². The van der Waals surface area contributed by atoms with Gasteiger partial charge in [-0.15, -0.1) is 0 Å². The van der Waals surface area contributed by atoms with E-state index in [9.17, 15) is 4.79 Å². The summed E-state index contributed by atoms with van der Waals surface area (Å²) in [7, 11) is 0. The molecule has 0 unspecified atom stereocenters. The highest BCUT2D eigenvalue weighted by molar-refractivity contribution is 6.30. The number of hydrogen-bond acceptors (Lipinski definition) is 3. The number of fused-ring (bicyclic) bond motifs is 4. The van der Waals surface area contributed by atoms with Crippen molar-refractivity contribution in [3.05, 3.63) is 100 Å². The third-order valence-electron chi connectivity index (χ3n) is 6.54. The first kappa shape index (κ1) is 20.1. The molecule has 1 aromatic heterocycles. The van der Waals surface area contributed by atoms with Crippen molar-refractivity contribution in [3.8, 4) is 0 Å². The number of amides is 1. The molecule has 0 spiro atoms. The minimum Gasteiger partial charge on any atom is -0.338 e. The van der Waals surface area contributed by atoms with E-state index in [1.54, 1.807) is 0 Å². The van der Waals surface area contributed by atoms with Crippen LogP contribution in [0.2, 0.25) is 5.02 Å². The van der Waals surface area contributed by atoms with Gasteiger partial charge in [-0.3, -0.25) is 9.80 Å². The standard InChI is InChI=1S/C27H23ClN4O/c28-21-8-5-6-19(14-21)16-32-25-11-4-2-9-22(25)23-15-29-30(17-26(23)32)18-27(33)31-13-12-20-7-1-3-10-24(20)31/h1-11,14-15H,12-13,16-18H2. The SMILES string of the molecule is O=C(CN1Cc2c(c3ccccc3n2Cc2cccc(Cl)c2)C=N1)N1CCc2ccccc21. The quantitative estimate of drug-likeness (QED) is 0.431. The lowest BCUT2D eigenvalue weighted by atomic mass is 10.1. The van der Waals surface area contributed by atoms with Gasteiger partial charge in [-0.25, -0.2) is 0 Å². The molecule has 2 aliphatic rings. The molecule has 4 aromatic rings. The number of aromatic nitrogens is 1. The van der Waals surface area contributed by atoms with Gasteiger partial charge < -0.3 is 9.47 Å². The molecule has 2 aliphatic heterocycles. The number of para-hydroxylation sites is 2. The van der Waals surface area contributed by atoms with Crippen LogP contribution in [0.25, 0.3) is 10.9 Å². The van der Waals surface area contributed by atoms with Crippen LogP contribution >= 0.6 is 11.6 Å². The zero-order valence-electron chi connectivity index (χ0n) is 18.1. The fraction of sp³-hybridized carbons (Fsp3) is 0.185. The van der Waals surface area contributed by atoms with Crippen molar-refractivity contribution in [1.82, 2.24) is 9.58 Å². The van der Waals surface area contributed by atoms with Gasteiger partial charge in [0.2, 0.25) is 5.91 Å². The maximum atomic E-state index is 13.2. The summed E-state index contributed by atoms with van der Waals surface area (Å²) in [5.74, 6) is 0.0815. The van der Waals surface area contributed by atoms with Crippen LogP contribution in [0.3, 0.4) is 0 Å². The van der Waals surface area contributed by atoms with Gasteiger partial charge in [0.25, 0.3) is 0 Å². The molecular weight excluding hydrogens is 432 g/mol. The second-order valence-corrected chi connectivity index (χ2v) is 9.02. The third-order valence-corrected chi connectivity index (χ3v) is 6.77. The molecule has 0 saturated heterocycles. The molecule has 6 rings (SSSR count). The number of hydrazone groups is 1. The van der Waals surface area contributed by atoms with Gasteiger partial charge in [0.05, 0.1) is 12.8 Å². The number of rotatable bonds is 4. The Morgan fingerprint density at radius 3 is 2.76 bits per heavy atom. The second kappa shape index (κ2) is 8.09. The Morgan fingerprint density at radius 2 is 1.85 bits per heavy atom. The van der Waals surface area contributed by atoms with E-state index in [0.717, 1.165) is 40.3 Å². The highest BCUT2D eigenvalue weighted by Gasteiger charge is 2.27. The van der Waals surface area contributed by atoms with Gasteiger partial charge >= 0.3 is 0 Å². The van der Waals surface area contributed by atoms with Crippen LogP contribution in [-0.2, 0) is 24.3 Å². The molecule has 33 heavy (non-hydrogen) atoms. The Bertz CT molecular complexity index is 1410. The lowest BCUT2D eigenvalue weighted by molar-refractivity contribution is -0.119. The Hall–Kier alpha value is -3.57. The van der Waals surface area contributed by atoms with Crippen molar-refractivity contribution in [2.24, 2.45) is 5.10 Å². The Labute approximate surface area is 197 Å². The van der Waals surface area contributed by atoms with Crippen LogP contribution < -0.4 is 4.90 Å². The number of carbonyl (C=O) groups excluding carboxylic acids is 1. The molecule has 0 saturated carbocycles. The summed E-state index contributed by atoms with van der Waals surface area (Å²) < 4.78 is 2.32. The molecule has 6 heteroatoms. The van der Waals surface area contributed by atoms with Crippen LogP contribution in [-0.4, -0.2) is 34.8 Å². The summed E-state index contributed by atoms with van der Waals surface area (Å²) in [4.78, 5) is 15.1. The fourth-order valence-corrected chi connectivity index (χ4v) is 5.20. The lowest BCUT2D eigenvalue weighted by Crippen LogP contribution is -2.38. The van der Waals surface area contributed by atoms with Gasteiger partial charge in [-0.2, -0.15) is 5.10 Å². The number of halogens is 1. The second-order valence-electron chi connectivity index (χ2n) is 8.58. The number of hydrogen-bond donors (Lipinski definition) is 0. The van der Waals surface area contributed by atoms with Gasteiger partial charge in [0.15, 0.2) is 0 Å². The van der Waals surface area contributed by atoms with Crippen LogP contribution in [0, 0.1) is 0 Å². The first-order valence-corrected chi connectivity index (χ1v) is 11.6. The van der Waals surface area contributed by atoms with Crippen molar-refractivity contribution in [3.63, 3.8) is 0 Å². The number of benzene rings is 3. The minimum atomic E-state index is 0.0815. The van der Waals surface area contributed by atoms with E-state index in [1.165, 1.54) is 16.6 Å². The van der Waals surface area contributed by atoms with Crippen molar-refractivity contribution in [2.75, 3.05) is 18.0 Å². The Balaban J connectivity index is 1.30. The first-order valence-electron chi connectivity index (χ1n) is 11.2. The summed E-state index contributed by atoms with van der Waals surface area (Å²) in [5.41, 5.74) is 6.86. The summed E-state index contributed by atoms with van der Waals surface area (Å²) >= 11 is 6.24. The van der Waals surface area contributed by atoms with Crippen LogP contribution in [0.1, 0.15) is 22.4 Å². The summed E-state index contributed by atoms with van der Waals surface area (Å²) in [5, 5.41) is 8.44. The Morgan fingerprint density at radius 1 is 1.00 bits per heavy atom. The minimum absolute atomic E-state index is 0.0815. The molecule has 3 heterocycles. The molecule has 3 aromatic carbocycles. The van der Waals surface area contributed by atoms with Gasteiger partial charge in [-0.1, -0.05) is 60.1 Å². The van der Waals surface area contributed by atoms with E-state index in [0.29, 0.717) is 13.1 Å². The molecule has 0 atom stereocenters. The molecule has 5 nitrogen and oxygen atoms in total. The summed E-state index contributed by atoms with van der Waals surface area (Å²) in [6, 6.07) is 24.5. The maximum Gasteiger partial charge on any atom is 0.248 e. The predicted molar refractivity (Wildman–Crippen MR) is 133 cm³/mol. The molecular formula is C27H23ClN4O. The van der Waals surface area contributed by atoms with Crippen molar-refractivity contribution < 1.29 is 4.79 Å². The highest BCUT2D eigenvalue weighted by Crippen LogP contribution is 2.31. The van der Waals surface area contributed by atoms with Crippen LogP contribution in [0.15, 0.2) is 77.9 Å². The summed E-state index contributed by atoms with van der Waals surface area (Å²) in [6.07, 6.45) is 2.81.